The molecular formula is C17H20O4. The Labute approximate surface area is 124 Å². The van der Waals surface area contributed by atoms with Gasteiger partial charge in [-0.2, -0.15) is 0 Å². The zero-order chi connectivity index (χ0) is 15.4. The number of hydrogen-bond acceptors (Lipinski definition) is 4. The van der Waals surface area contributed by atoms with E-state index in [4.69, 9.17) is 9.47 Å². The van der Waals surface area contributed by atoms with Gasteiger partial charge in [0.05, 0.1) is 0 Å². The molecule has 1 heterocycles. The van der Waals surface area contributed by atoms with Crippen molar-refractivity contribution in [2.45, 2.75) is 46.1 Å². The summed E-state index contributed by atoms with van der Waals surface area (Å²) in [6.45, 7) is 9.58. The van der Waals surface area contributed by atoms with E-state index in [9.17, 15) is 9.59 Å². The predicted octanol–water partition coefficient (Wildman–Crippen LogP) is 3.05. The molecule has 0 bridgehead atoms. The minimum Gasteiger partial charge on any atom is -0.458 e. The van der Waals surface area contributed by atoms with E-state index in [0.29, 0.717) is 5.57 Å². The fraction of sp³-hybridized carbons (Fsp3) is 0.529. The number of allylic oxidation sites excluding steroid dienone is 2. The number of carbonyl (C=O) groups excluding carboxylic acids is 2. The molecule has 0 radical (unpaired) electrons. The zero-order valence-corrected chi connectivity index (χ0v) is 12.7. The van der Waals surface area contributed by atoms with Gasteiger partial charge >= 0.3 is 11.9 Å². The second-order valence-electron chi connectivity index (χ2n) is 6.48. The molecule has 3 rings (SSSR count). The summed E-state index contributed by atoms with van der Waals surface area (Å²) >= 11 is 0. The summed E-state index contributed by atoms with van der Waals surface area (Å²) in [7, 11) is 0. The van der Waals surface area contributed by atoms with Crippen molar-refractivity contribution in [2.24, 2.45) is 11.3 Å². The van der Waals surface area contributed by atoms with Crippen molar-refractivity contribution in [3.05, 3.63) is 35.1 Å². The Morgan fingerprint density at radius 3 is 2.90 bits per heavy atom. The zero-order valence-electron chi connectivity index (χ0n) is 12.7. The van der Waals surface area contributed by atoms with Crippen LogP contribution in [0.15, 0.2) is 35.1 Å². The summed E-state index contributed by atoms with van der Waals surface area (Å²) < 4.78 is 10.7. The number of hydrogen-bond donors (Lipinski definition) is 0. The van der Waals surface area contributed by atoms with E-state index in [-0.39, 0.29) is 29.4 Å². The van der Waals surface area contributed by atoms with E-state index in [1.165, 1.54) is 6.92 Å². The lowest BCUT2D eigenvalue weighted by Crippen LogP contribution is -2.41. The molecule has 0 aromatic rings. The fourth-order valence-corrected chi connectivity index (χ4v) is 3.74. The molecule has 21 heavy (non-hydrogen) atoms. The molecule has 0 amide bonds. The Hall–Kier alpha value is -1.84. The van der Waals surface area contributed by atoms with Gasteiger partial charge in [0.1, 0.15) is 11.9 Å². The molecule has 1 saturated carbocycles. The smallest absolute Gasteiger partial charge is 0.339 e. The lowest BCUT2D eigenvalue weighted by atomic mass is 9.60. The average molecular weight is 288 g/mol. The number of esters is 2. The van der Waals surface area contributed by atoms with Crippen LogP contribution >= 0.6 is 0 Å². The van der Waals surface area contributed by atoms with Gasteiger partial charge in [-0.15, -0.1) is 0 Å². The van der Waals surface area contributed by atoms with Crippen molar-refractivity contribution < 1.29 is 19.1 Å². The van der Waals surface area contributed by atoms with Crippen LogP contribution in [0.5, 0.6) is 0 Å². The molecule has 0 N–H and O–H groups in total. The summed E-state index contributed by atoms with van der Waals surface area (Å²) in [5, 5.41) is 0. The Balaban J connectivity index is 1.95. The second kappa shape index (κ2) is 4.58. The van der Waals surface area contributed by atoms with Crippen LogP contribution in [-0.4, -0.2) is 18.0 Å². The maximum absolute atomic E-state index is 11.7. The Bertz CT molecular complexity index is 610. The van der Waals surface area contributed by atoms with E-state index >= 15 is 0 Å². The van der Waals surface area contributed by atoms with E-state index in [2.05, 4.69) is 19.6 Å². The lowest BCUT2D eigenvalue weighted by molar-refractivity contribution is -0.146. The van der Waals surface area contributed by atoms with Crippen LogP contribution in [0.3, 0.4) is 0 Å². The minimum atomic E-state index is -0.272. The first-order chi connectivity index (χ1) is 9.82. The molecule has 0 aromatic heterocycles. The minimum absolute atomic E-state index is 0.0858. The van der Waals surface area contributed by atoms with Gasteiger partial charge in [0.2, 0.25) is 0 Å². The van der Waals surface area contributed by atoms with Crippen LogP contribution in [0.1, 0.15) is 40.0 Å². The predicted molar refractivity (Wildman–Crippen MR) is 77.0 cm³/mol. The molecule has 0 spiro atoms. The molecule has 2 aliphatic carbocycles. The highest BCUT2D eigenvalue weighted by molar-refractivity contribution is 5.94. The van der Waals surface area contributed by atoms with Gasteiger partial charge < -0.3 is 9.47 Å². The van der Waals surface area contributed by atoms with Crippen LogP contribution in [0, 0.1) is 11.3 Å². The highest BCUT2D eigenvalue weighted by atomic mass is 16.5. The standard InChI is InChI=1S/C17H20O4/c1-9-12-7-13-10(2)14(20-11(3)18)5-6-17(13,4)8-15(12)21-16(9)19/h8,13-14H,2,5-7H2,1,3-4H3/t13-,14+,17+/m0/s1. The molecule has 4 nitrogen and oxygen atoms in total. The van der Waals surface area contributed by atoms with Gasteiger partial charge in [0.15, 0.2) is 0 Å². The van der Waals surface area contributed by atoms with Crippen molar-refractivity contribution in [3.8, 4) is 0 Å². The normalized spacial score (nSPS) is 34.9. The lowest BCUT2D eigenvalue weighted by Gasteiger charge is -2.46. The third-order valence-corrected chi connectivity index (χ3v) is 5.04. The van der Waals surface area contributed by atoms with Crippen molar-refractivity contribution in [1.29, 1.82) is 0 Å². The molecule has 1 aliphatic heterocycles. The Morgan fingerprint density at radius 2 is 2.24 bits per heavy atom. The summed E-state index contributed by atoms with van der Waals surface area (Å²) in [6, 6.07) is 0. The summed E-state index contributed by atoms with van der Waals surface area (Å²) in [4.78, 5) is 23.0. The molecule has 0 saturated heterocycles. The largest absolute Gasteiger partial charge is 0.458 e. The molecular weight excluding hydrogens is 268 g/mol. The molecule has 1 fully saturated rings. The Morgan fingerprint density at radius 1 is 1.52 bits per heavy atom. The van der Waals surface area contributed by atoms with Crippen molar-refractivity contribution in [1.82, 2.24) is 0 Å². The highest BCUT2D eigenvalue weighted by Gasteiger charge is 2.47. The van der Waals surface area contributed by atoms with Crippen molar-refractivity contribution in [2.75, 3.05) is 0 Å². The van der Waals surface area contributed by atoms with E-state index in [1.54, 1.807) is 6.92 Å². The fourth-order valence-electron chi connectivity index (χ4n) is 3.74. The maximum atomic E-state index is 11.7. The molecule has 4 heteroatoms. The molecule has 0 aromatic carbocycles. The highest BCUT2D eigenvalue weighted by Crippen LogP contribution is 2.54. The molecule has 3 atom stereocenters. The van der Waals surface area contributed by atoms with Crippen LogP contribution in [0.4, 0.5) is 0 Å². The number of carbonyl (C=O) groups is 2. The van der Waals surface area contributed by atoms with E-state index in [1.807, 2.05) is 0 Å². The molecule has 112 valence electrons. The first kappa shape index (κ1) is 14.1. The summed E-state index contributed by atoms with van der Waals surface area (Å²) in [6.07, 6.45) is 4.24. The molecule has 3 aliphatic rings. The first-order valence-electron chi connectivity index (χ1n) is 7.33. The van der Waals surface area contributed by atoms with Crippen LogP contribution in [0.25, 0.3) is 0 Å². The van der Waals surface area contributed by atoms with Gasteiger partial charge in [-0.3, -0.25) is 4.79 Å². The molecule has 0 unspecified atom stereocenters. The maximum Gasteiger partial charge on any atom is 0.339 e. The van der Waals surface area contributed by atoms with Gasteiger partial charge in [0.25, 0.3) is 0 Å². The first-order valence-corrected chi connectivity index (χ1v) is 7.33. The van der Waals surface area contributed by atoms with E-state index in [0.717, 1.165) is 36.2 Å². The third-order valence-electron chi connectivity index (χ3n) is 5.04. The van der Waals surface area contributed by atoms with Crippen molar-refractivity contribution >= 4 is 11.9 Å². The van der Waals surface area contributed by atoms with Crippen LogP contribution in [0.2, 0.25) is 0 Å². The third kappa shape index (κ3) is 2.13. The number of ether oxygens (including phenoxy) is 2. The van der Waals surface area contributed by atoms with Gasteiger partial charge in [-0.1, -0.05) is 13.5 Å². The monoisotopic (exact) mass is 288 g/mol. The Kier molecular flexibility index (Phi) is 3.08. The number of fused-ring (bicyclic) bond motifs is 2. The average Bonchev–Trinajstić information content (AvgIpc) is 2.66. The van der Waals surface area contributed by atoms with Gasteiger partial charge in [-0.05, 0) is 49.2 Å². The van der Waals surface area contributed by atoms with Crippen molar-refractivity contribution in [3.63, 3.8) is 0 Å². The second-order valence-corrected chi connectivity index (χ2v) is 6.48. The quantitative estimate of drug-likeness (QED) is 0.549. The number of rotatable bonds is 1. The van der Waals surface area contributed by atoms with E-state index < -0.39 is 0 Å². The van der Waals surface area contributed by atoms with Crippen LogP contribution < -0.4 is 0 Å². The van der Waals surface area contributed by atoms with Crippen LogP contribution in [-0.2, 0) is 19.1 Å². The topological polar surface area (TPSA) is 52.6 Å². The summed E-state index contributed by atoms with van der Waals surface area (Å²) in [5.74, 6) is 0.376. The SMILES string of the molecule is C=C1[C@H](OC(C)=O)CC[C@]2(C)C=C3OC(=O)C(C)=C3C[C@@H]12. The van der Waals surface area contributed by atoms with Gasteiger partial charge in [-0.25, -0.2) is 4.79 Å². The summed E-state index contributed by atoms with van der Waals surface area (Å²) in [5.41, 5.74) is 2.53. The van der Waals surface area contributed by atoms with Gasteiger partial charge in [0, 0.05) is 18.1 Å².